The number of aryl methyl sites for hydroxylation is 1. The van der Waals surface area contributed by atoms with Gasteiger partial charge in [-0.1, -0.05) is 0 Å². The van der Waals surface area contributed by atoms with Gasteiger partial charge in [0.2, 0.25) is 0 Å². The highest BCUT2D eigenvalue weighted by molar-refractivity contribution is 5.79. The summed E-state index contributed by atoms with van der Waals surface area (Å²) in [6.45, 7) is 1.70. The monoisotopic (exact) mass is 220 g/mol. The molecule has 2 rings (SSSR count). The van der Waals surface area contributed by atoms with Gasteiger partial charge in [0.25, 0.3) is 0 Å². The molecule has 0 atom stereocenters. The number of imidazole rings is 1. The molecule has 84 valence electrons. The van der Waals surface area contributed by atoms with Crippen LogP contribution in [0.1, 0.15) is 5.82 Å². The number of hydrogen-bond donors (Lipinski definition) is 1. The fourth-order valence-corrected chi connectivity index (χ4v) is 1.68. The standard InChI is InChI=1S/C11H12N2O3/c1-7-12-9-4-3-8(16-2)5-10(9)13(7)6-11(14)15/h3-5H,6H2,1-2H3,(H,14,15). The average Bonchev–Trinajstić information content (AvgIpc) is 2.54. The second kappa shape index (κ2) is 3.84. The van der Waals surface area contributed by atoms with Crippen molar-refractivity contribution in [2.75, 3.05) is 7.11 Å². The van der Waals surface area contributed by atoms with Crippen LogP contribution in [0.15, 0.2) is 18.2 Å². The molecule has 5 nitrogen and oxygen atoms in total. The molecule has 0 saturated heterocycles. The van der Waals surface area contributed by atoms with Crippen LogP contribution >= 0.6 is 0 Å². The van der Waals surface area contributed by atoms with Crippen molar-refractivity contribution in [1.82, 2.24) is 9.55 Å². The number of benzene rings is 1. The van der Waals surface area contributed by atoms with Gasteiger partial charge in [0.1, 0.15) is 18.1 Å². The number of methoxy groups -OCH3 is 1. The molecule has 0 aliphatic carbocycles. The molecular formula is C11H12N2O3. The SMILES string of the molecule is COc1ccc2nc(C)n(CC(=O)O)c2c1. The Morgan fingerprint density at radius 3 is 2.94 bits per heavy atom. The molecule has 0 aliphatic heterocycles. The van der Waals surface area contributed by atoms with Crippen LogP contribution in [0.2, 0.25) is 0 Å². The molecule has 0 unspecified atom stereocenters. The van der Waals surface area contributed by atoms with E-state index in [0.29, 0.717) is 11.6 Å². The van der Waals surface area contributed by atoms with E-state index in [9.17, 15) is 4.79 Å². The molecule has 1 N–H and O–H groups in total. The second-order valence-corrected chi connectivity index (χ2v) is 3.49. The number of carboxylic acids is 1. The van der Waals surface area contributed by atoms with Crippen LogP contribution in [0.5, 0.6) is 5.75 Å². The number of carbonyl (C=O) groups is 1. The van der Waals surface area contributed by atoms with Gasteiger partial charge < -0.3 is 14.4 Å². The van der Waals surface area contributed by atoms with Crippen molar-refractivity contribution in [3.63, 3.8) is 0 Å². The van der Waals surface area contributed by atoms with E-state index in [1.165, 1.54) is 0 Å². The second-order valence-electron chi connectivity index (χ2n) is 3.49. The van der Waals surface area contributed by atoms with Gasteiger partial charge >= 0.3 is 5.97 Å². The molecule has 0 fully saturated rings. The summed E-state index contributed by atoms with van der Waals surface area (Å²) in [5, 5.41) is 8.82. The lowest BCUT2D eigenvalue weighted by atomic mass is 10.3. The summed E-state index contributed by atoms with van der Waals surface area (Å²) in [5.41, 5.74) is 1.55. The highest BCUT2D eigenvalue weighted by atomic mass is 16.5. The van der Waals surface area contributed by atoms with Crippen LogP contribution in [-0.4, -0.2) is 27.7 Å². The van der Waals surface area contributed by atoms with E-state index >= 15 is 0 Å². The summed E-state index contributed by atoms with van der Waals surface area (Å²) in [7, 11) is 1.58. The van der Waals surface area contributed by atoms with Gasteiger partial charge in [0.15, 0.2) is 0 Å². The van der Waals surface area contributed by atoms with E-state index in [-0.39, 0.29) is 6.54 Å². The number of fused-ring (bicyclic) bond motifs is 1. The summed E-state index contributed by atoms with van der Waals surface area (Å²) < 4.78 is 6.76. The molecule has 0 bridgehead atoms. The molecule has 1 aromatic carbocycles. The van der Waals surface area contributed by atoms with Crippen molar-refractivity contribution < 1.29 is 14.6 Å². The molecule has 1 heterocycles. The van der Waals surface area contributed by atoms with Gasteiger partial charge in [-0.2, -0.15) is 0 Å². The van der Waals surface area contributed by atoms with Crippen LogP contribution in [0.3, 0.4) is 0 Å². The quantitative estimate of drug-likeness (QED) is 0.850. The summed E-state index contributed by atoms with van der Waals surface area (Å²) >= 11 is 0. The average molecular weight is 220 g/mol. The number of rotatable bonds is 3. The number of nitrogens with zero attached hydrogens (tertiary/aromatic N) is 2. The summed E-state index contributed by atoms with van der Waals surface area (Å²) in [6, 6.07) is 5.41. The molecular weight excluding hydrogens is 208 g/mol. The molecule has 0 saturated carbocycles. The summed E-state index contributed by atoms with van der Waals surface area (Å²) in [4.78, 5) is 15.0. The highest BCUT2D eigenvalue weighted by Gasteiger charge is 2.10. The Kier molecular flexibility index (Phi) is 2.52. The molecule has 0 radical (unpaired) electrons. The van der Waals surface area contributed by atoms with Gasteiger partial charge in [0.05, 0.1) is 18.1 Å². The van der Waals surface area contributed by atoms with Gasteiger partial charge in [-0.05, 0) is 19.1 Å². The van der Waals surface area contributed by atoms with Crippen LogP contribution in [-0.2, 0) is 11.3 Å². The Morgan fingerprint density at radius 1 is 1.56 bits per heavy atom. The third kappa shape index (κ3) is 1.71. The molecule has 5 heteroatoms. The molecule has 0 spiro atoms. The third-order valence-electron chi connectivity index (χ3n) is 2.44. The maximum atomic E-state index is 10.7. The maximum absolute atomic E-state index is 10.7. The van der Waals surface area contributed by atoms with Crippen molar-refractivity contribution in [2.45, 2.75) is 13.5 Å². The van der Waals surface area contributed by atoms with E-state index in [0.717, 1.165) is 11.0 Å². The Hall–Kier alpha value is -2.04. The van der Waals surface area contributed by atoms with E-state index in [1.807, 2.05) is 6.07 Å². The predicted molar refractivity (Wildman–Crippen MR) is 58.7 cm³/mol. The largest absolute Gasteiger partial charge is 0.497 e. The molecule has 0 amide bonds. The molecule has 2 aromatic rings. The van der Waals surface area contributed by atoms with Crippen LogP contribution in [0.25, 0.3) is 11.0 Å². The zero-order valence-corrected chi connectivity index (χ0v) is 9.10. The van der Waals surface area contributed by atoms with Crippen molar-refractivity contribution in [1.29, 1.82) is 0 Å². The number of hydrogen-bond acceptors (Lipinski definition) is 3. The topological polar surface area (TPSA) is 64.4 Å². The Morgan fingerprint density at radius 2 is 2.31 bits per heavy atom. The lowest BCUT2D eigenvalue weighted by molar-refractivity contribution is -0.137. The van der Waals surface area contributed by atoms with Crippen molar-refractivity contribution in [3.05, 3.63) is 24.0 Å². The molecule has 1 aromatic heterocycles. The Labute approximate surface area is 92.3 Å². The zero-order valence-electron chi connectivity index (χ0n) is 9.10. The normalized spacial score (nSPS) is 10.6. The number of ether oxygens (including phenoxy) is 1. The Balaban J connectivity index is 2.61. The fourth-order valence-electron chi connectivity index (χ4n) is 1.68. The van der Waals surface area contributed by atoms with Crippen molar-refractivity contribution >= 4 is 17.0 Å². The van der Waals surface area contributed by atoms with E-state index in [1.54, 1.807) is 30.7 Å². The predicted octanol–water partition coefficient (Wildman–Crippen LogP) is 1.44. The third-order valence-corrected chi connectivity index (χ3v) is 2.44. The maximum Gasteiger partial charge on any atom is 0.323 e. The first-order valence-electron chi connectivity index (χ1n) is 4.84. The highest BCUT2D eigenvalue weighted by Crippen LogP contribution is 2.21. The molecule has 16 heavy (non-hydrogen) atoms. The minimum atomic E-state index is -0.884. The minimum Gasteiger partial charge on any atom is -0.497 e. The molecule has 0 aliphatic rings. The summed E-state index contributed by atoms with van der Waals surface area (Å²) in [6.07, 6.45) is 0. The van der Waals surface area contributed by atoms with E-state index in [4.69, 9.17) is 9.84 Å². The van der Waals surface area contributed by atoms with Crippen molar-refractivity contribution in [3.8, 4) is 5.75 Å². The number of aliphatic carboxylic acids is 1. The zero-order chi connectivity index (χ0) is 11.7. The van der Waals surface area contributed by atoms with Crippen LogP contribution in [0.4, 0.5) is 0 Å². The first-order chi connectivity index (χ1) is 7.61. The van der Waals surface area contributed by atoms with Gasteiger partial charge in [-0.15, -0.1) is 0 Å². The van der Waals surface area contributed by atoms with Gasteiger partial charge in [-0.25, -0.2) is 4.98 Å². The Bertz CT molecular complexity index is 545. The first kappa shape index (κ1) is 10.5. The van der Waals surface area contributed by atoms with Gasteiger partial charge in [-0.3, -0.25) is 4.79 Å². The van der Waals surface area contributed by atoms with Crippen LogP contribution < -0.4 is 4.74 Å². The number of carboxylic acid groups (broad SMARTS) is 1. The summed E-state index contributed by atoms with van der Waals surface area (Å²) in [5.74, 6) is 0.495. The fraction of sp³-hybridized carbons (Fsp3) is 0.273. The minimum absolute atomic E-state index is 0.0878. The van der Waals surface area contributed by atoms with Crippen LogP contribution in [0, 0.1) is 6.92 Å². The lowest BCUT2D eigenvalue weighted by Crippen LogP contribution is -2.09. The van der Waals surface area contributed by atoms with Gasteiger partial charge in [0, 0.05) is 6.07 Å². The lowest BCUT2D eigenvalue weighted by Gasteiger charge is -2.04. The number of aromatic nitrogens is 2. The smallest absolute Gasteiger partial charge is 0.323 e. The van der Waals surface area contributed by atoms with Crippen molar-refractivity contribution in [2.24, 2.45) is 0 Å². The van der Waals surface area contributed by atoms with E-state index in [2.05, 4.69) is 4.98 Å². The first-order valence-corrected chi connectivity index (χ1v) is 4.84. The van der Waals surface area contributed by atoms with E-state index < -0.39 is 5.97 Å².